The Morgan fingerprint density at radius 1 is 1.25 bits per heavy atom. The maximum absolute atomic E-state index is 13.2. The van der Waals surface area contributed by atoms with Crippen LogP contribution >= 0.6 is 0 Å². The van der Waals surface area contributed by atoms with Gasteiger partial charge in [0.15, 0.2) is 5.69 Å². The van der Waals surface area contributed by atoms with Crippen LogP contribution in [0.15, 0.2) is 30.3 Å². The minimum Gasteiger partial charge on any atom is -0.465 e. The number of aromatic nitrogens is 2. The number of hydrogen-bond donors (Lipinski definition) is 1. The van der Waals surface area contributed by atoms with E-state index in [-0.39, 0.29) is 31.6 Å². The fraction of sp³-hybridized carbons (Fsp3) is 0.375. The highest BCUT2D eigenvalue weighted by atomic mass is 19.4. The first kappa shape index (κ1) is 16.4. The van der Waals surface area contributed by atoms with Gasteiger partial charge in [-0.3, -0.25) is 4.68 Å². The van der Waals surface area contributed by atoms with Gasteiger partial charge in [0, 0.05) is 18.7 Å². The van der Waals surface area contributed by atoms with Crippen molar-refractivity contribution < 1.29 is 23.1 Å². The Bertz CT molecular complexity index is 741. The Morgan fingerprint density at radius 2 is 1.96 bits per heavy atom. The summed E-state index contributed by atoms with van der Waals surface area (Å²) in [6, 6.07) is 9.38. The van der Waals surface area contributed by atoms with E-state index >= 15 is 0 Å². The SMILES string of the molecule is O=C(O)N1CCc2c(C(F)(F)F)nn(CCc3ccccc3)c2C1. The number of aryl methyl sites for hydroxylation is 2. The van der Waals surface area contributed by atoms with E-state index in [4.69, 9.17) is 5.11 Å². The topological polar surface area (TPSA) is 58.4 Å². The van der Waals surface area contributed by atoms with Crippen LogP contribution in [0.1, 0.15) is 22.5 Å². The average molecular weight is 339 g/mol. The highest BCUT2D eigenvalue weighted by Gasteiger charge is 2.40. The summed E-state index contributed by atoms with van der Waals surface area (Å²) in [6.45, 7) is 0.258. The van der Waals surface area contributed by atoms with E-state index < -0.39 is 18.0 Å². The molecule has 1 aliphatic rings. The molecule has 0 spiro atoms. The number of alkyl halides is 3. The minimum absolute atomic E-state index is 0.0296. The molecule has 0 bridgehead atoms. The third kappa shape index (κ3) is 3.22. The maximum Gasteiger partial charge on any atom is 0.435 e. The smallest absolute Gasteiger partial charge is 0.435 e. The molecule has 24 heavy (non-hydrogen) atoms. The maximum atomic E-state index is 13.2. The first-order valence-corrected chi connectivity index (χ1v) is 7.54. The van der Waals surface area contributed by atoms with E-state index in [0.717, 1.165) is 10.5 Å². The van der Waals surface area contributed by atoms with E-state index in [2.05, 4.69) is 5.10 Å². The number of carboxylic acid groups (broad SMARTS) is 1. The van der Waals surface area contributed by atoms with Crippen molar-refractivity contribution in [3.8, 4) is 0 Å². The number of hydrogen-bond acceptors (Lipinski definition) is 2. The molecule has 0 aliphatic carbocycles. The zero-order valence-electron chi connectivity index (χ0n) is 12.8. The van der Waals surface area contributed by atoms with Gasteiger partial charge in [-0.15, -0.1) is 0 Å². The second kappa shape index (κ2) is 6.18. The normalized spacial score (nSPS) is 14.5. The van der Waals surface area contributed by atoms with Gasteiger partial charge in [0.2, 0.25) is 0 Å². The molecule has 0 saturated carbocycles. The van der Waals surface area contributed by atoms with E-state index in [1.807, 2.05) is 30.3 Å². The van der Waals surface area contributed by atoms with Crippen molar-refractivity contribution in [3.63, 3.8) is 0 Å². The molecule has 0 radical (unpaired) electrons. The highest BCUT2D eigenvalue weighted by molar-refractivity contribution is 5.65. The Labute approximate surface area is 136 Å². The summed E-state index contributed by atoms with van der Waals surface area (Å²) < 4.78 is 40.9. The van der Waals surface area contributed by atoms with Crippen molar-refractivity contribution in [2.45, 2.75) is 32.1 Å². The number of benzene rings is 1. The van der Waals surface area contributed by atoms with Gasteiger partial charge in [-0.2, -0.15) is 18.3 Å². The number of nitrogens with zero attached hydrogens (tertiary/aromatic N) is 3. The Hall–Kier alpha value is -2.51. The van der Waals surface area contributed by atoms with E-state index in [9.17, 15) is 18.0 Å². The van der Waals surface area contributed by atoms with Crippen molar-refractivity contribution in [2.24, 2.45) is 0 Å². The molecule has 128 valence electrons. The van der Waals surface area contributed by atoms with Crippen molar-refractivity contribution in [1.82, 2.24) is 14.7 Å². The third-order valence-electron chi connectivity index (χ3n) is 4.13. The molecule has 3 rings (SSSR count). The quantitative estimate of drug-likeness (QED) is 0.934. The molecule has 0 unspecified atom stereocenters. The van der Waals surface area contributed by atoms with Crippen LogP contribution in [0.5, 0.6) is 0 Å². The lowest BCUT2D eigenvalue weighted by Crippen LogP contribution is -2.36. The van der Waals surface area contributed by atoms with Crippen molar-refractivity contribution in [3.05, 3.63) is 52.8 Å². The summed E-state index contributed by atoms with van der Waals surface area (Å²) in [6.07, 6.45) is -5.11. The Morgan fingerprint density at radius 3 is 2.58 bits per heavy atom. The van der Waals surface area contributed by atoms with Crippen LogP contribution in [-0.4, -0.2) is 32.4 Å². The first-order valence-electron chi connectivity index (χ1n) is 7.54. The molecule has 5 nitrogen and oxygen atoms in total. The lowest BCUT2D eigenvalue weighted by molar-refractivity contribution is -0.142. The zero-order chi connectivity index (χ0) is 17.3. The summed E-state index contributed by atoms with van der Waals surface area (Å²) in [4.78, 5) is 12.2. The zero-order valence-corrected chi connectivity index (χ0v) is 12.8. The Balaban J connectivity index is 1.90. The molecule has 0 fully saturated rings. The molecule has 1 N–H and O–H groups in total. The molecule has 1 amide bonds. The molecule has 1 aromatic heterocycles. The summed E-state index contributed by atoms with van der Waals surface area (Å²) in [5, 5.41) is 12.8. The van der Waals surface area contributed by atoms with E-state index in [1.54, 1.807) is 0 Å². The summed E-state index contributed by atoms with van der Waals surface area (Å²) in [5.41, 5.74) is 0.553. The lowest BCUT2D eigenvalue weighted by Gasteiger charge is -2.25. The summed E-state index contributed by atoms with van der Waals surface area (Å²) in [7, 11) is 0. The van der Waals surface area contributed by atoms with Crippen molar-refractivity contribution in [1.29, 1.82) is 0 Å². The number of amides is 1. The molecule has 0 atom stereocenters. The molecule has 0 saturated heterocycles. The largest absolute Gasteiger partial charge is 0.465 e. The van der Waals surface area contributed by atoms with Crippen molar-refractivity contribution in [2.75, 3.05) is 6.54 Å². The number of carbonyl (C=O) groups is 1. The molecular formula is C16H16F3N3O2. The highest BCUT2D eigenvalue weighted by Crippen LogP contribution is 2.35. The molecule has 2 aromatic rings. The monoisotopic (exact) mass is 339 g/mol. The van der Waals surface area contributed by atoms with Crippen LogP contribution in [0.25, 0.3) is 0 Å². The van der Waals surface area contributed by atoms with Gasteiger partial charge in [0.25, 0.3) is 0 Å². The van der Waals surface area contributed by atoms with E-state index in [1.165, 1.54) is 4.68 Å². The van der Waals surface area contributed by atoms with Crippen LogP contribution in [0.2, 0.25) is 0 Å². The molecular weight excluding hydrogens is 323 g/mol. The Kier molecular flexibility index (Phi) is 4.21. The summed E-state index contributed by atoms with van der Waals surface area (Å²) in [5.74, 6) is 0. The van der Waals surface area contributed by atoms with Crippen LogP contribution < -0.4 is 0 Å². The van der Waals surface area contributed by atoms with Gasteiger partial charge in [-0.05, 0) is 18.4 Å². The molecule has 1 aliphatic heterocycles. The van der Waals surface area contributed by atoms with Gasteiger partial charge in [-0.1, -0.05) is 30.3 Å². The van der Waals surface area contributed by atoms with Crippen LogP contribution in [-0.2, 0) is 32.1 Å². The van der Waals surface area contributed by atoms with Gasteiger partial charge in [0.1, 0.15) is 0 Å². The van der Waals surface area contributed by atoms with Gasteiger partial charge in [-0.25, -0.2) is 4.79 Å². The lowest BCUT2D eigenvalue weighted by atomic mass is 10.0. The van der Waals surface area contributed by atoms with E-state index in [0.29, 0.717) is 12.1 Å². The van der Waals surface area contributed by atoms with Gasteiger partial charge >= 0.3 is 12.3 Å². The van der Waals surface area contributed by atoms with Crippen LogP contribution in [0, 0.1) is 0 Å². The number of halogens is 3. The van der Waals surface area contributed by atoms with Crippen molar-refractivity contribution >= 4 is 6.09 Å². The van der Waals surface area contributed by atoms with Gasteiger partial charge in [0.05, 0.1) is 12.2 Å². The summed E-state index contributed by atoms with van der Waals surface area (Å²) >= 11 is 0. The molecule has 2 heterocycles. The fourth-order valence-electron chi connectivity index (χ4n) is 2.94. The third-order valence-corrected chi connectivity index (χ3v) is 4.13. The minimum atomic E-state index is -4.53. The van der Waals surface area contributed by atoms with Crippen LogP contribution in [0.4, 0.5) is 18.0 Å². The molecule has 1 aromatic carbocycles. The van der Waals surface area contributed by atoms with Crippen LogP contribution in [0.3, 0.4) is 0 Å². The second-order valence-electron chi connectivity index (χ2n) is 5.68. The average Bonchev–Trinajstić information content (AvgIpc) is 2.92. The fourth-order valence-corrected chi connectivity index (χ4v) is 2.94. The second-order valence-corrected chi connectivity index (χ2v) is 5.68. The predicted molar refractivity (Wildman–Crippen MR) is 79.5 cm³/mol. The number of fused-ring (bicyclic) bond motifs is 1. The first-order chi connectivity index (χ1) is 11.4. The number of rotatable bonds is 3. The molecule has 8 heteroatoms. The predicted octanol–water partition coefficient (Wildman–Crippen LogP) is 3.18. The standard InChI is InChI=1S/C16H16F3N3O2/c17-16(18,19)14-12-7-8-21(15(23)24)10-13(12)22(20-14)9-6-11-4-2-1-3-5-11/h1-5H,6-10H2,(H,23,24). The van der Waals surface area contributed by atoms with Gasteiger partial charge < -0.3 is 10.0 Å².